The Morgan fingerprint density at radius 1 is 1.00 bits per heavy atom. The van der Waals surface area contributed by atoms with E-state index in [0.29, 0.717) is 32.7 Å². The van der Waals surface area contributed by atoms with Crippen LogP contribution in [0.3, 0.4) is 0 Å². The average molecular weight is 429 g/mol. The first-order chi connectivity index (χ1) is 14.3. The van der Waals surface area contributed by atoms with Crippen LogP contribution in [0.4, 0.5) is 0 Å². The number of hydrogen-bond donors (Lipinski definition) is 1. The smallest absolute Gasteiger partial charge is 0.277 e. The van der Waals surface area contributed by atoms with Gasteiger partial charge in [0.1, 0.15) is 6.54 Å². The standard InChI is InChI=1S/C23H29N3O3S/c1-20-8-6-7-11-22(20)18-24(2)19-23(27)25-13-15-26(16-14-25)30(28,29)17-12-21-9-4-3-5-10-21/h3-12,17H,13-16,18-19H2,1-2H3/p+1/b17-12+. The van der Waals surface area contributed by atoms with E-state index >= 15 is 0 Å². The van der Waals surface area contributed by atoms with E-state index in [-0.39, 0.29) is 5.91 Å². The predicted octanol–water partition coefficient (Wildman–Crippen LogP) is 1.15. The van der Waals surface area contributed by atoms with Crippen LogP contribution in [-0.4, -0.2) is 63.3 Å². The van der Waals surface area contributed by atoms with Gasteiger partial charge in [0, 0.05) is 37.2 Å². The second kappa shape index (κ2) is 10.0. The molecule has 3 rings (SSSR count). The number of rotatable bonds is 7. The Morgan fingerprint density at radius 3 is 2.30 bits per heavy atom. The average Bonchev–Trinajstić information content (AvgIpc) is 2.75. The van der Waals surface area contributed by atoms with E-state index in [1.54, 1.807) is 11.0 Å². The van der Waals surface area contributed by atoms with E-state index in [4.69, 9.17) is 0 Å². The third kappa shape index (κ3) is 6.01. The van der Waals surface area contributed by atoms with Gasteiger partial charge < -0.3 is 9.80 Å². The Hall–Kier alpha value is -2.48. The van der Waals surface area contributed by atoms with Gasteiger partial charge in [0.2, 0.25) is 10.0 Å². The molecule has 1 unspecified atom stereocenters. The molecule has 1 saturated heterocycles. The first-order valence-corrected chi connectivity index (χ1v) is 11.7. The molecule has 1 atom stereocenters. The number of likely N-dealkylation sites (N-methyl/N-ethyl adjacent to an activating group) is 1. The summed E-state index contributed by atoms with van der Waals surface area (Å²) in [5.74, 6) is 0.0676. The van der Waals surface area contributed by atoms with E-state index < -0.39 is 10.0 Å². The van der Waals surface area contributed by atoms with Crippen molar-refractivity contribution in [1.29, 1.82) is 0 Å². The summed E-state index contributed by atoms with van der Waals surface area (Å²) in [5.41, 5.74) is 3.31. The van der Waals surface area contributed by atoms with Crippen molar-refractivity contribution in [2.75, 3.05) is 39.8 Å². The molecule has 0 saturated carbocycles. The summed E-state index contributed by atoms with van der Waals surface area (Å²) < 4.78 is 26.6. The van der Waals surface area contributed by atoms with Crippen LogP contribution < -0.4 is 4.90 Å². The van der Waals surface area contributed by atoms with Gasteiger partial charge in [-0.2, -0.15) is 4.31 Å². The number of nitrogens with one attached hydrogen (secondary N) is 1. The second-order valence-electron chi connectivity index (χ2n) is 7.78. The third-order valence-corrected chi connectivity index (χ3v) is 6.95. The molecule has 2 aromatic rings. The molecule has 6 nitrogen and oxygen atoms in total. The van der Waals surface area contributed by atoms with Crippen LogP contribution in [0.2, 0.25) is 0 Å². The zero-order valence-electron chi connectivity index (χ0n) is 17.6. The highest BCUT2D eigenvalue weighted by Crippen LogP contribution is 2.11. The summed E-state index contributed by atoms with van der Waals surface area (Å²) in [7, 11) is -1.48. The SMILES string of the molecule is Cc1ccccc1C[NH+](C)CC(=O)N1CCN(S(=O)(=O)/C=C/c2ccccc2)CC1. The van der Waals surface area contributed by atoms with Gasteiger partial charge in [-0.05, 0) is 24.1 Å². The minimum absolute atomic E-state index is 0.0676. The van der Waals surface area contributed by atoms with E-state index in [9.17, 15) is 13.2 Å². The molecule has 0 spiro atoms. The summed E-state index contributed by atoms with van der Waals surface area (Å²) in [5, 5.41) is 1.25. The lowest BCUT2D eigenvalue weighted by Gasteiger charge is -2.33. The minimum Gasteiger partial charge on any atom is -0.335 e. The van der Waals surface area contributed by atoms with Crippen LogP contribution >= 0.6 is 0 Å². The molecule has 1 fully saturated rings. The van der Waals surface area contributed by atoms with Crippen molar-refractivity contribution in [3.05, 3.63) is 76.7 Å². The fraction of sp³-hybridized carbons (Fsp3) is 0.348. The molecule has 30 heavy (non-hydrogen) atoms. The van der Waals surface area contributed by atoms with Crippen molar-refractivity contribution < 1.29 is 18.1 Å². The number of sulfonamides is 1. The molecular formula is C23H30N3O3S+. The highest BCUT2D eigenvalue weighted by molar-refractivity contribution is 7.92. The minimum atomic E-state index is -3.49. The predicted molar refractivity (Wildman–Crippen MR) is 119 cm³/mol. The summed E-state index contributed by atoms with van der Waals surface area (Å²) in [6.45, 7) is 4.76. The van der Waals surface area contributed by atoms with Gasteiger partial charge >= 0.3 is 0 Å². The molecule has 160 valence electrons. The van der Waals surface area contributed by atoms with Gasteiger partial charge in [-0.1, -0.05) is 54.6 Å². The number of piperazine rings is 1. The van der Waals surface area contributed by atoms with E-state index in [2.05, 4.69) is 19.1 Å². The molecule has 0 bridgehead atoms. The first kappa shape index (κ1) is 22.2. The van der Waals surface area contributed by atoms with Crippen LogP contribution in [0, 0.1) is 6.92 Å². The second-order valence-corrected chi connectivity index (χ2v) is 9.59. The Bertz CT molecular complexity index is 982. The molecular weight excluding hydrogens is 398 g/mol. The number of carbonyl (C=O) groups is 1. The van der Waals surface area contributed by atoms with Crippen LogP contribution in [0.25, 0.3) is 6.08 Å². The number of amides is 1. The lowest BCUT2D eigenvalue weighted by atomic mass is 10.1. The van der Waals surface area contributed by atoms with Gasteiger partial charge in [0.25, 0.3) is 5.91 Å². The summed E-state index contributed by atoms with van der Waals surface area (Å²) in [6.07, 6.45) is 1.61. The summed E-state index contributed by atoms with van der Waals surface area (Å²) in [6, 6.07) is 17.6. The number of nitrogens with zero attached hydrogens (tertiary/aromatic N) is 2. The number of benzene rings is 2. The van der Waals surface area contributed by atoms with Crippen LogP contribution in [0.15, 0.2) is 60.0 Å². The number of hydrogen-bond acceptors (Lipinski definition) is 3. The zero-order valence-corrected chi connectivity index (χ0v) is 18.4. The normalized spacial score (nSPS) is 16.7. The van der Waals surface area contributed by atoms with Gasteiger partial charge in [-0.15, -0.1) is 0 Å². The first-order valence-electron chi connectivity index (χ1n) is 10.2. The summed E-state index contributed by atoms with van der Waals surface area (Å²) >= 11 is 0. The molecule has 1 N–H and O–H groups in total. The molecule has 1 aliphatic rings. The largest absolute Gasteiger partial charge is 0.335 e. The van der Waals surface area contributed by atoms with E-state index in [0.717, 1.165) is 17.0 Å². The fourth-order valence-electron chi connectivity index (χ4n) is 3.57. The van der Waals surface area contributed by atoms with E-state index in [1.165, 1.54) is 20.8 Å². The van der Waals surface area contributed by atoms with Crippen LogP contribution in [0.5, 0.6) is 0 Å². The molecule has 0 aromatic heterocycles. The van der Waals surface area contributed by atoms with Gasteiger partial charge in [0.15, 0.2) is 6.54 Å². The van der Waals surface area contributed by atoms with Crippen molar-refractivity contribution in [3.8, 4) is 0 Å². The number of aryl methyl sites for hydroxylation is 1. The van der Waals surface area contributed by atoms with Gasteiger partial charge in [-0.3, -0.25) is 4.79 Å². The lowest BCUT2D eigenvalue weighted by Crippen LogP contribution is -3.09. The van der Waals surface area contributed by atoms with Crippen molar-refractivity contribution in [2.24, 2.45) is 0 Å². The van der Waals surface area contributed by atoms with Gasteiger partial charge in [-0.25, -0.2) is 8.42 Å². The summed E-state index contributed by atoms with van der Waals surface area (Å²) in [4.78, 5) is 15.6. The molecule has 7 heteroatoms. The Kier molecular flexibility index (Phi) is 7.42. The molecule has 0 aliphatic carbocycles. The maximum atomic E-state index is 12.7. The molecule has 1 amide bonds. The highest BCUT2D eigenvalue weighted by atomic mass is 32.2. The Labute approximate surface area is 179 Å². The number of quaternary nitrogens is 1. The van der Waals surface area contributed by atoms with Crippen molar-refractivity contribution in [3.63, 3.8) is 0 Å². The van der Waals surface area contributed by atoms with Crippen LogP contribution in [0.1, 0.15) is 16.7 Å². The quantitative estimate of drug-likeness (QED) is 0.720. The van der Waals surface area contributed by atoms with Crippen molar-refractivity contribution in [2.45, 2.75) is 13.5 Å². The monoisotopic (exact) mass is 428 g/mol. The zero-order chi connectivity index (χ0) is 21.6. The number of carbonyl (C=O) groups excluding carboxylic acids is 1. The van der Waals surface area contributed by atoms with Gasteiger partial charge in [0.05, 0.1) is 7.05 Å². The molecule has 2 aromatic carbocycles. The van der Waals surface area contributed by atoms with Crippen LogP contribution in [-0.2, 0) is 21.4 Å². The Morgan fingerprint density at radius 2 is 1.63 bits per heavy atom. The van der Waals surface area contributed by atoms with E-state index in [1.807, 2.05) is 49.5 Å². The highest BCUT2D eigenvalue weighted by Gasteiger charge is 2.28. The maximum Gasteiger partial charge on any atom is 0.277 e. The fourth-order valence-corrected chi connectivity index (χ4v) is 4.75. The molecule has 0 radical (unpaired) electrons. The molecule has 1 aliphatic heterocycles. The topological polar surface area (TPSA) is 62.1 Å². The lowest BCUT2D eigenvalue weighted by molar-refractivity contribution is -0.885. The third-order valence-electron chi connectivity index (χ3n) is 5.39. The Balaban J connectivity index is 1.50. The maximum absolute atomic E-state index is 12.7. The molecule has 1 heterocycles. The van der Waals surface area contributed by atoms with Crippen molar-refractivity contribution >= 4 is 22.0 Å². The van der Waals surface area contributed by atoms with Crippen molar-refractivity contribution in [1.82, 2.24) is 9.21 Å².